The van der Waals surface area contributed by atoms with E-state index in [1.54, 1.807) is 0 Å². The molecule has 3 N–H and O–H groups in total. The molecule has 2 heterocycles. The lowest BCUT2D eigenvalue weighted by atomic mass is 10.0. The summed E-state index contributed by atoms with van der Waals surface area (Å²) in [5.74, 6) is 6.06. The largest absolute Gasteiger partial charge is 0.303 e. The van der Waals surface area contributed by atoms with E-state index in [1.165, 1.54) is 37.3 Å². The second-order valence-electron chi connectivity index (χ2n) is 6.25. The molecule has 0 aromatic carbocycles. The van der Waals surface area contributed by atoms with Gasteiger partial charge in [-0.1, -0.05) is 20.8 Å². The minimum Gasteiger partial charge on any atom is -0.303 e. The first kappa shape index (κ1) is 16.4. The van der Waals surface area contributed by atoms with Gasteiger partial charge in [-0.25, -0.2) is 10.8 Å². The molecule has 1 aromatic heterocycles. The Morgan fingerprint density at radius 2 is 2.33 bits per heavy atom. The fourth-order valence-electron chi connectivity index (χ4n) is 2.85. The van der Waals surface area contributed by atoms with Crippen molar-refractivity contribution in [2.24, 2.45) is 11.8 Å². The van der Waals surface area contributed by atoms with Crippen molar-refractivity contribution in [3.63, 3.8) is 0 Å². The predicted octanol–water partition coefficient (Wildman–Crippen LogP) is 2.14. The molecule has 118 valence electrons. The van der Waals surface area contributed by atoms with Gasteiger partial charge < -0.3 is 4.90 Å². The number of carbonyl (C=O) groups is 1. The van der Waals surface area contributed by atoms with E-state index >= 15 is 0 Å². The van der Waals surface area contributed by atoms with E-state index in [4.69, 9.17) is 5.84 Å². The molecule has 1 aliphatic rings. The average molecular weight is 310 g/mol. The standard InChI is InChI=1S/C15H26N4OS/c1-10(2)13-14(15(20)18-16)21-12(17-13)6-8-19-7-4-5-11(3)9-19/h10-11H,4-9,16H2,1-3H3,(H,18,20). The minimum absolute atomic E-state index is 0.228. The molecule has 0 spiro atoms. The van der Waals surface area contributed by atoms with Crippen molar-refractivity contribution in [1.82, 2.24) is 15.3 Å². The summed E-state index contributed by atoms with van der Waals surface area (Å²) in [6, 6.07) is 0. The maximum Gasteiger partial charge on any atom is 0.277 e. The molecule has 1 saturated heterocycles. The van der Waals surface area contributed by atoms with Crippen LogP contribution in [0.4, 0.5) is 0 Å². The van der Waals surface area contributed by atoms with E-state index < -0.39 is 0 Å². The highest BCUT2D eigenvalue weighted by Gasteiger charge is 2.21. The number of amides is 1. The smallest absolute Gasteiger partial charge is 0.277 e. The molecule has 1 aliphatic heterocycles. The fraction of sp³-hybridized carbons (Fsp3) is 0.733. The Labute approximate surface area is 130 Å². The number of hydrazine groups is 1. The lowest BCUT2D eigenvalue weighted by Gasteiger charge is -2.30. The van der Waals surface area contributed by atoms with Gasteiger partial charge in [-0.15, -0.1) is 11.3 Å². The molecule has 6 heteroatoms. The third-order valence-electron chi connectivity index (χ3n) is 3.96. The van der Waals surface area contributed by atoms with Crippen molar-refractivity contribution in [3.05, 3.63) is 15.6 Å². The third-order valence-corrected chi connectivity index (χ3v) is 5.09. The molecule has 0 bridgehead atoms. The molecule has 2 rings (SSSR count). The zero-order chi connectivity index (χ0) is 15.4. The van der Waals surface area contributed by atoms with E-state index in [0.29, 0.717) is 4.88 Å². The molecular weight excluding hydrogens is 284 g/mol. The van der Waals surface area contributed by atoms with Crippen LogP contribution in [0.1, 0.15) is 59.9 Å². The molecule has 5 nitrogen and oxygen atoms in total. The number of nitrogen functional groups attached to an aromatic ring is 1. The summed E-state index contributed by atoms with van der Waals surface area (Å²) in [7, 11) is 0. The number of aromatic nitrogens is 1. The van der Waals surface area contributed by atoms with Crippen molar-refractivity contribution >= 4 is 17.2 Å². The predicted molar refractivity (Wildman–Crippen MR) is 86.4 cm³/mol. The van der Waals surface area contributed by atoms with Crippen molar-refractivity contribution < 1.29 is 4.79 Å². The Hall–Kier alpha value is -0.980. The summed E-state index contributed by atoms with van der Waals surface area (Å²) in [5, 5.41) is 1.04. The number of nitrogens with zero attached hydrogens (tertiary/aromatic N) is 2. The summed E-state index contributed by atoms with van der Waals surface area (Å²) in [6.45, 7) is 9.81. The first-order valence-electron chi connectivity index (χ1n) is 7.74. The molecule has 21 heavy (non-hydrogen) atoms. The number of hydrogen-bond acceptors (Lipinski definition) is 5. The maximum atomic E-state index is 11.8. The van der Waals surface area contributed by atoms with Crippen molar-refractivity contribution in [3.8, 4) is 0 Å². The monoisotopic (exact) mass is 310 g/mol. The molecule has 1 atom stereocenters. The first-order chi connectivity index (χ1) is 10.0. The van der Waals surface area contributed by atoms with Crippen LogP contribution in [0.3, 0.4) is 0 Å². The van der Waals surface area contributed by atoms with Gasteiger partial charge in [0.15, 0.2) is 0 Å². The summed E-state index contributed by atoms with van der Waals surface area (Å²) >= 11 is 1.48. The molecular formula is C15H26N4OS. The van der Waals surface area contributed by atoms with E-state index in [2.05, 4.69) is 36.1 Å². The van der Waals surface area contributed by atoms with Gasteiger partial charge in [0.2, 0.25) is 0 Å². The second kappa shape index (κ2) is 7.33. The lowest BCUT2D eigenvalue weighted by Crippen LogP contribution is -2.35. The minimum atomic E-state index is -0.228. The molecule has 1 amide bonds. The van der Waals surface area contributed by atoms with Crippen LogP contribution >= 0.6 is 11.3 Å². The Morgan fingerprint density at radius 1 is 1.57 bits per heavy atom. The van der Waals surface area contributed by atoms with Crippen LogP contribution < -0.4 is 11.3 Å². The van der Waals surface area contributed by atoms with Crippen LogP contribution in [0.15, 0.2) is 0 Å². The summed E-state index contributed by atoms with van der Waals surface area (Å²) in [4.78, 5) is 19.7. The highest BCUT2D eigenvalue weighted by Crippen LogP contribution is 2.26. The zero-order valence-corrected chi connectivity index (χ0v) is 14.0. The van der Waals surface area contributed by atoms with Crippen LogP contribution in [-0.4, -0.2) is 35.4 Å². The normalized spacial score (nSPS) is 20.0. The molecule has 0 radical (unpaired) electrons. The Morgan fingerprint density at radius 3 is 2.95 bits per heavy atom. The number of nitrogens with one attached hydrogen (secondary N) is 1. The van der Waals surface area contributed by atoms with Crippen LogP contribution in [0.25, 0.3) is 0 Å². The van der Waals surface area contributed by atoms with E-state index in [9.17, 15) is 4.79 Å². The lowest BCUT2D eigenvalue weighted by molar-refractivity contribution is 0.0956. The van der Waals surface area contributed by atoms with E-state index in [-0.39, 0.29) is 11.8 Å². The van der Waals surface area contributed by atoms with Gasteiger partial charge >= 0.3 is 0 Å². The van der Waals surface area contributed by atoms with Crippen LogP contribution in [-0.2, 0) is 6.42 Å². The quantitative estimate of drug-likeness (QED) is 0.496. The molecule has 1 aromatic rings. The van der Waals surface area contributed by atoms with E-state index in [1.807, 2.05) is 0 Å². The van der Waals surface area contributed by atoms with Crippen LogP contribution in [0.5, 0.6) is 0 Å². The van der Waals surface area contributed by atoms with Crippen molar-refractivity contribution in [2.75, 3.05) is 19.6 Å². The summed E-state index contributed by atoms with van der Waals surface area (Å²) in [6.07, 6.45) is 3.54. The highest BCUT2D eigenvalue weighted by molar-refractivity contribution is 7.13. The Kier molecular flexibility index (Phi) is 5.72. The molecule has 0 aliphatic carbocycles. The van der Waals surface area contributed by atoms with Gasteiger partial charge in [-0.05, 0) is 31.2 Å². The highest BCUT2D eigenvalue weighted by atomic mass is 32.1. The SMILES string of the molecule is CC1CCCN(CCc2nc(C(C)C)c(C(=O)NN)s2)C1. The number of piperidine rings is 1. The fourth-order valence-corrected chi connectivity index (χ4v) is 3.96. The van der Waals surface area contributed by atoms with Gasteiger partial charge in [-0.2, -0.15) is 0 Å². The average Bonchev–Trinajstić information content (AvgIpc) is 2.89. The van der Waals surface area contributed by atoms with Gasteiger partial charge in [0.1, 0.15) is 4.88 Å². The molecule has 0 saturated carbocycles. The van der Waals surface area contributed by atoms with Crippen LogP contribution in [0, 0.1) is 5.92 Å². The Balaban J connectivity index is 2.01. The number of carbonyl (C=O) groups excluding carboxylic acids is 1. The summed E-state index contributed by atoms with van der Waals surface area (Å²) in [5.41, 5.74) is 3.09. The van der Waals surface area contributed by atoms with Crippen molar-refractivity contribution in [1.29, 1.82) is 0 Å². The number of hydrogen-bond donors (Lipinski definition) is 2. The van der Waals surface area contributed by atoms with Gasteiger partial charge in [-0.3, -0.25) is 10.2 Å². The van der Waals surface area contributed by atoms with Gasteiger partial charge in [0.05, 0.1) is 10.7 Å². The maximum absolute atomic E-state index is 11.8. The number of rotatable bonds is 5. The Bertz CT molecular complexity index is 486. The first-order valence-corrected chi connectivity index (χ1v) is 8.55. The third kappa shape index (κ3) is 4.25. The van der Waals surface area contributed by atoms with Gasteiger partial charge in [0.25, 0.3) is 5.91 Å². The summed E-state index contributed by atoms with van der Waals surface area (Å²) < 4.78 is 0. The van der Waals surface area contributed by atoms with Gasteiger partial charge in [0, 0.05) is 19.5 Å². The van der Waals surface area contributed by atoms with Crippen LogP contribution in [0.2, 0.25) is 0 Å². The second-order valence-corrected chi connectivity index (χ2v) is 7.33. The number of thiazole rings is 1. The number of likely N-dealkylation sites (tertiary alicyclic amines) is 1. The molecule has 1 fully saturated rings. The topological polar surface area (TPSA) is 71.2 Å². The van der Waals surface area contributed by atoms with E-state index in [0.717, 1.165) is 29.6 Å². The van der Waals surface area contributed by atoms with Crippen molar-refractivity contribution in [2.45, 2.75) is 46.0 Å². The zero-order valence-electron chi connectivity index (χ0n) is 13.2. The number of nitrogens with two attached hydrogens (primary N) is 1. The molecule has 1 unspecified atom stereocenters.